The number of hydrogen-bond donors (Lipinski definition) is 1. The molecule has 2 aliphatic rings. The zero-order chi connectivity index (χ0) is 21.4. The Morgan fingerprint density at radius 1 is 1.17 bits per heavy atom. The van der Waals surface area contributed by atoms with Gasteiger partial charge in [-0.3, -0.25) is 14.5 Å². The second-order valence-electron chi connectivity index (χ2n) is 8.72. The number of nitrogens with zero attached hydrogens (tertiary/aromatic N) is 4. The molecule has 1 aliphatic heterocycles. The molecular weight excluding hydrogens is 402 g/mol. The summed E-state index contributed by atoms with van der Waals surface area (Å²) >= 11 is 6.31. The van der Waals surface area contributed by atoms with E-state index in [1.165, 1.54) is 11.2 Å². The summed E-state index contributed by atoms with van der Waals surface area (Å²) in [7, 11) is 1.86. The van der Waals surface area contributed by atoms with Gasteiger partial charge in [-0.25, -0.2) is 9.50 Å². The number of halogens is 1. The van der Waals surface area contributed by atoms with Crippen molar-refractivity contribution in [3.05, 3.63) is 46.9 Å². The Kier molecular flexibility index (Phi) is 3.99. The Hall–Kier alpha value is -2.93. The number of anilines is 1. The van der Waals surface area contributed by atoms with Crippen LogP contribution in [0.25, 0.3) is 16.8 Å². The van der Waals surface area contributed by atoms with E-state index in [4.69, 9.17) is 11.6 Å². The van der Waals surface area contributed by atoms with E-state index in [0.717, 1.165) is 33.6 Å². The van der Waals surface area contributed by atoms with Gasteiger partial charge in [-0.05, 0) is 41.7 Å². The molecule has 2 fully saturated rings. The topological polar surface area (TPSA) is 79.6 Å². The number of carbonyl (C=O) groups excluding carboxylic acids is 2. The first kappa shape index (κ1) is 19.1. The number of aryl methyl sites for hydroxylation is 1. The van der Waals surface area contributed by atoms with Gasteiger partial charge in [-0.2, -0.15) is 5.10 Å². The lowest BCUT2D eigenvalue weighted by Crippen LogP contribution is -2.35. The molecule has 30 heavy (non-hydrogen) atoms. The molecular formula is C22H22ClN5O2. The molecule has 3 heterocycles. The van der Waals surface area contributed by atoms with E-state index in [2.05, 4.69) is 15.4 Å². The van der Waals surface area contributed by atoms with Crippen LogP contribution in [-0.4, -0.2) is 38.4 Å². The van der Waals surface area contributed by atoms with Gasteiger partial charge in [0.2, 0.25) is 11.8 Å². The summed E-state index contributed by atoms with van der Waals surface area (Å²) in [6.45, 7) is 6.20. The molecule has 2 atom stereocenters. The Morgan fingerprint density at radius 3 is 2.53 bits per heavy atom. The summed E-state index contributed by atoms with van der Waals surface area (Å²) in [4.78, 5) is 31.3. The normalized spacial score (nSPS) is 22.0. The van der Waals surface area contributed by atoms with Crippen LogP contribution in [-0.2, 0) is 16.1 Å². The number of hydrogen-bond acceptors (Lipinski definition) is 5. The highest BCUT2D eigenvalue weighted by molar-refractivity contribution is 6.31. The maximum absolute atomic E-state index is 12.7. The number of aromatic nitrogens is 3. The van der Waals surface area contributed by atoms with Gasteiger partial charge in [-0.1, -0.05) is 25.4 Å². The lowest BCUT2D eigenvalue weighted by atomic mass is 10.0. The molecule has 5 rings (SSSR count). The molecule has 1 aliphatic carbocycles. The fraction of sp³-hybridized carbons (Fsp3) is 0.364. The Bertz CT molecular complexity index is 1210. The van der Waals surface area contributed by atoms with E-state index in [1.807, 2.05) is 52.2 Å². The maximum atomic E-state index is 12.7. The number of amides is 2. The number of carbonyl (C=O) groups is 2. The van der Waals surface area contributed by atoms with Gasteiger partial charge in [0.25, 0.3) is 0 Å². The lowest BCUT2D eigenvalue weighted by molar-refractivity contribution is -0.143. The van der Waals surface area contributed by atoms with Gasteiger partial charge >= 0.3 is 0 Å². The molecule has 1 N–H and O–H groups in total. The molecule has 7 nitrogen and oxygen atoms in total. The third kappa shape index (κ3) is 2.58. The third-order valence-corrected chi connectivity index (χ3v) is 6.72. The van der Waals surface area contributed by atoms with Crippen molar-refractivity contribution in [3.8, 4) is 11.3 Å². The number of fused-ring (bicyclic) bond motifs is 2. The van der Waals surface area contributed by atoms with Crippen molar-refractivity contribution in [1.82, 2.24) is 19.5 Å². The third-order valence-electron chi connectivity index (χ3n) is 6.50. The van der Waals surface area contributed by atoms with Crippen LogP contribution >= 0.6 is 11.6 Å². The fourth-order valence-corrected chi connectivity index (χ4v) is 5.15. The van der Waals surface area contributed by atoms with Crippen LogP contribution < -0.4 is 5.32 Å². The van der Waals surface area contributed by atoms with E-state index in [1.54, 1.807) is 4.52 Å². The summed E-state index contributed by atoms with van der Waals surface area (Å²) in [5.74, 6) is -0.492. The molecule has 3 aromatic rings. The number of benzene rings is 1. The van der Waals surface area contributed by atoms with Crippen LogP contribution in [0.15, 0.2) is 30.7 Å². The van der Waals surface area contributed by atoms with Gasteiger partial charge in [-0.15, -0.1) is 0 Å². The summed E-state index contributed by atoms with van der Waals surface area (Å²) in [6.07, 6.45) is 3.33. The van der Waals surface area contributed by atoms with Crippen molar-refractivity contribution in [2.75, 3.05) is 12.4 Å². The summed E-state index contributed by atoms with van der Waals surface area (Å²) in [5.41, 5.74) is 4.97. The van der Waals surface area contributed by atoms with Crippen molar-refractivity contribution < 1.29 is 9.59 Å². The van der Waals surface area contributed by atoms with Gasteiger partial charge in [0.1, 0.15) is 6.33 Å². The molecule has 0 radical (unpaired) electrons. The predicted octanol–water partition coefficient (Wildman–Crippen LogP) is 3.54. The second-order valence-corrected chi connectivity index (χ2v) is 9.16. The van der Waals surface area contributed by atoms with Crippen LogP contribution in [0, 0.1) is 24.2 Å². The Morgan fingerprint density at radius 2 is 1.87 bits per heavy atom. The minimum Gasteiger partial charge on any atom is -0.387 e. The molecule has 2 aromatic heterocycles. The van der Waals surface area contributed by atoms with Crippen molar-refractivity contribution in [2.45, 2.75) is 27.3 Å². The van der Waals surface area contributed by atoms with Crippen molar-refractivity contribution >= 4 is 34.6 Å². The van der Waals surface area contributed by atoms with E-state index < -0.39 is 0 Å². The molecule has 1 aromatic carbocycles. The van der Waals surface area contributed by atoms with E-state index in [9.17, 15) is 9.59 Å². The lowest BCUT2D eigenvalue weighted by Gasteiger charge is -2.19. The van der Waals surface area contributed by atoms with Crippen molar-refractivity contribution in [3.63, 3.8) is 0 Å². The molecule has 2 amide bonds. The van der Waals surface area contributed by atoms with Crippen LogP contribution in [0.3, 0.4) is 0 Å². The van der Waals surface area contributed by atoms with Gasteiger partial charge < -0.3 is 5.32 Å². The number of piperidine rings is 1. The highest BCUT2D eigenvalue weighted by Gasteiger charge is 2.72. The minimum absolute atomic E-state index is 0.0699. The van der Waals surface area contributed by atoms with Crippen LogP contribution in [0.2, 0.25) is 5.02 Å². The van der Waals surface area contributed by atoms with Crippen LogP contribution in [0.4, 0.5) is 5.69 Å². The van der Waals surface area contributed by atoms with Crippen molar-refractivity contribution in [2.24, 2.45) is 17.3 Å². The number of rotatable bonds is 4. The molecule has 2 unspecified atom stereocenters. The largest absolute Gasteiger partial charge is 0.387 e. The quantitative estimate of drug-likeness (QED) is 0.649. The molecule has 8 heteroatoms. The van der Waals surface area contributed by atoms with E-state index >= 15 is 0 Å². The van der Waals surface area contributed by atoms with E-state index in [-0.39, 0.29) is 35.6 Å². The van der Waals surface area contributed by atoms with Crippen LogP contribution in [0.5, 0.6) is 0 Å². The smallest absolute Gasteiger partial charge is 0.233 e. The SMILES string of the molecule is CNc1c(C)cc(Cl)cc1-c1ncnn2cc(CN3C(=O)C4C(C3=O)C4(C)C)cc12. The van der Waals surface area contributed by atoms with E-state index in [0.29, 0.717) is 5.02 Å². The maximum Gasteiger partial charge on any atom is 0.233 e. The fourth-order valence-electron chi connectivity index (χ4n) is 4.88. The highest BCUT2D eigenvalue weighted by Crippen LogP contribution is 2.63. The molecule has 1 saturated carbocycles. The van der Waals surface area contributed by atoms with Crippen molar-refractivity contribution in [1.29, 1.82) is 0 Å². The minimum atomic E-state index is -0.206. The highest BCUT2D eigenvalue weighted by atomic mass is 35.5. The number of imide groups is 1. The summed E-state index contributed by atoms with van der Waals surface area (Å²) in [6, 6.07) is 5.70. The summed E-state index contributed by atoms with van der Waals surface area (Å²) < 4.78 is 1.73. The number of likely N-dealkylation sites (tertiary alicyclic amines) is 1. The molecule has 0 bridgehead atoms. The Balaban J connectivity index is 1.53. The van der Waals surface area contributed by atoms with Gasteiger partial charge in [0.15, 0.2) is 0 Å². The average Bonchev–Trinajstić information content (AvgIpc) is 2.95. The monoisotopic (exact) mass is 423 g/mol. The first-order valence-corrected chi connectivity index (χ1v) is 10.3. The zero-order valence-electron chi connectivity index (χ0n) is 17.2. The first-order chi connectivity index (χ1) is 14.2. The second kappa shape index (κ2) is 6.28. The first-order valence-electron chi connectivity index (χ1n) is 9.89. The standard InChI is InChI=1S/C22H22ClN5O2/c1-11-5-13(23)7-14(18(11)24-4)19-15-6-12(9-28(15)26-10-25-19)8-27-20(29)16-17(21(27)30)22(16,2)3/h5-7,9-10,16-17,24H,8H2,1-4H3. The number of nitrogens with one attached hydrogen (secondary N) is 1. The molecule has 0 spiro atoms. The molecule has 1 saturated heterocycles. The zero-order valence-corrected chi connectivity index (χ0v) is 18.0. The molecule has 154 valence electrons. The predicted molar refractivity (Wildman–Crippen MR) is 114 cm³/mol. The van der Waals surface area contributed by atoms with Gasteiger partial charge in [0, 0.05) is 29.5 Å². The average molecular weight is 424 g/mol. The van der Waals surface area contributed by atoms with Gasteiger partial charge in [0.05, 0.1) is 29.6 Å². The van der Waals surface area contributed by atoms with Crippen LogP contribution in [0.1, 0.15) is 25.0 Å². The Labute approximate surface area is 179 Å². The summed E-state index contributed by atoms with van der Waals surface area (Å²) in [5, 5.41) is 8.16.